The van der Waals surface area contributed by atoms with Gasteiger partial charge in [0.2, 0.25) is 0 Å². The number of aryl methyl sites for hydroxylation is 1. The Hall–Kier alpha value is -2.28. The first-order valence-electron chi connectivity index (χ1n) is 9.56. The number of nitrogens with one attached hydrogen (secondary N) is 1. The van der Waals surface area contributed by atoms with Crippen LogP contribution in [0.15, 0.2) is 42.6 Å². The first-order valence-corrected chi connectivity index (χ1v) is 9.56. The van der Waals surface area contributed by atoms with Crippen LogP contribution in [0.2, 0.25) is 0 Å². The van der Waals surface area contributed by atoms with Crippen molar-refractivity contribution in [3.05, 3.63) is 65.0 Å². The van der Waals surface area contributed by atoms with Gasteiger partial charge in [-0.2, -0.15) is 0 Å². The van der Waals surface area contributed by atoms with Gasteiger partial charge in [0.25, 0.3) is 5.91 Å². The maximum atomic E-state index is 12.3. The Morgan fingerprint density at radius 1 is 1.30 bits per heavy atom. The minimum absolute atomic E-state index is 0.186. The molecule has 2 heterocycles. The Bertz CT molecular complexity index is 765. The van der Waals surface area contributed by atoms with E-state index >= 15 is 0 Å². The molecular weight excluding hydrogens is 340 g/mol. The number of hydrogen-bond acceptors (Lipinski definition) is 5. The average molecular weight is 368 g/mol. The zero-order valence-corrected chi connectivity index (χ0v) is 15.6. The molecule has 1 aromatic carbocycles. The van der Waals surface area contributed by atoms with E-state index in [-0.39, 0.29) is 12.5 Å². The van der Waals surface area contributed by atoms with Crippen LogP contribution in [-0.4, -0.2) is 53.2 Å². The fourth-order valence-corrected chi connectivity index (χ4v) is 3.42. The molecule has 27 heavy (non-hydrogen) atoms. The lowest BCUT2D eigenvalue weighted by molar-refractivity contribution is 0.0841. The van der Waals surface area contributed by atoms with Gasteiger partial charge in [-0.1, -0.05) is 24.3 Å². The van der Waals surface area contributed by atoms with Crippen LogP contribution < -0.4 is 11.1 Å². The zero-order valence-electron chi connectivity index (χ0n) is 15.6. The van der Waals surface area contributed by atoms with Crippen LogP contribution in [0.5, 0.6) is 0 Å². The predicted molar refractivity (Wildman–Crippen MR) is 105 cm³/mol. The van der Waals surface area contributed by atoms with Gasteiger partial charge >= 0.3 is 0 Å². The van der Waals surface area contributed by atoms with Crippen molar-refractivity contribution in [3.63, 3.8) is 0 Å². The molecule has 144 valence electrons. The van der Waals surface area contributed by atoms with Crippen LogP contribution in [0.4, 0.5) is 0 Å². The van der Waals surface area contributed by atoms with Crippen LogP contribution in [-0.2, 0) is 19.4 Å². The lowest BCUT2D eigenvalue weighted by atomic mass is 10.00. The molecule has 0 fully saturated rings. The van der Waals surface area contributed by atoms with E-state index < -0.39 is 6.10 Å². The van der Waals surface area contributed by atoms with Crippen LogP contribution in [0.1, 0.15) is 33.6 Å². The second-order valence-corrected chi connectivity index (χ2v) is 7.05. The van der Waals surface area contributed by atoms with Gasteiger partial charge in [-0.15, -0.1) is 0 Å². The number of aliphatic hydroxyl groups is 1. The van der Waals surface area contributed by atoms with Crippen molar-refractivity contribution in [2.75, 3.05) is 26.2 Å². The molecule has 6 nitrogen and oxygen atoms in total. The minimum atomic E-state index is -0.599. The number of carbonyl (C=O) groups excluding carboxylic acids is 1. The number of aliphatic hydroxyl groups excluding tert-OH is 1. The lowest BCUT2D eigenvalue weighted by Crippen LogP contribution is -2.42. The molecule has 1 aliphatic rings. The van der Waals surface area contributed by atoms with Crippen molar-refractivity contribution in [2.45, 2.75) is 31.9 Å². The summed E-state index contributed by atoms with van der Waals surface area (Å²) in [6, 6.07) is 11.9. The Labute approximate surface area is 160 Å². The van der Waals surface area contributed by atoms with Crippen molar-refractivity contribution >= 4 is 5.91 Å². The average Bonchev–Trinajstić information content (AvgIpc) is 2.70. The molecule has 1 aromatic heterocycles. The fourth-order valence-electron chi connectivity index (χ4n) is 3.42. The van der Waals surface area contributed by atoms with E-state index in [0.717, 1.165) is 38.0 Å². The number of carbonyl (C=O) groups is 1. The van der Waals surface area contributed by atoms with Crippen LogP contribution in [0.3, 0.4) is 0 Å². The third-order valence-electron chi connectivity index (χ3n) is 4.89. The second kappa shape index (κ2) is 9.60. The number of nitrogens with zero attached hydrogens (tertiary/aromatic N) is 2. The quantitative estimate of drug-likeness (QED) is 0.650. The molecule has 1 aliphatic heterocycles. The molecule has 0 bridgehead atoms. The molecule has 4 N–H and O–H groups in total. The Kier molecular flexibility index (Phi) is 6.92. The van der Waals surface area contributed by atoms with E-state index in [1.54, 1.807) is 18.3 Å². The van der Waals surface area contributed by atoms with Gasteiger partial charge in [0.15, 0.2) is 0 Å². The summed E-state index contributed by atoms with van der Waals surface area (Å²) in [4.78, 5) is 18.8. The molecule has 1 amide bonds. The van der Waals surface area contributed by atoms with Crippen molar-refractivity contribution in [1.29, 1.82) is 0 Å². The summed E-state index contributed by atoms with van der Waals surface area (Å²) in [6.07, 6.45) is 3.64. The van der Waals surface area contributed by atoms with Crippen LogP contribution in [0.25, 0.3) is 0 Å². The third kappa shape index (κ3) is 5.60. The molecule has 0 saturated carbocycles. The minimum Gasteiger partial charge on any atom is -0.390 e. The molecule has 0 unspecified atom stereocenters. The molecule has 0 radical (unpaired) electrons. The summed E-state index contributed by atoms with van der Waals surface area (Å²) in [5.74, 6) is -0.186. The van der Waals surface area contributed by atoms with Crippen molar-refractivity contribution in [1.82, 2.24) is 15.2 Å². The number of benzene rings is 1. The summed E-state index contributed by atoms with van der Waals surface area (Å²) in [5, 5.41) is 13.2. The van der Waals surface area contributed by atoms with E-state index in [0.29, 0.717) is 18.7 Å². The number of fused-ring (bicyclic) bond motifs is 1. The van der Waals surface area contributed by atoms with E-state index in [1.807, 2.05) is 0 Å². The highest BCUT2D eigenvalue weighted by atomic mass is 16.3. The monoisotopic (exact) mass is 368 g/mol. The number of rotatable bonds is 8. The van der Waals surface area contributed by atoms with Crippen LogP contribution in [0, 0.1) is 0 Å². The summed E-state index contributed by atoms with van der Waals surface area (Å²) in [7, 11) is 0. The van der Waals surface area contributed by atoms with E-state index in [1.165, 1.54) is 11.1 Å². The number of amides is 1. The Balaban J connectivity index is 1.46. The third-order valence-corrected chi connectivity index (χ3v) is 4.89. The highest BCUT2D eigenvalue weighted by molar-refractivity contribution is 5.94. The molecule has 6 heteroatoms. The summed E-state index contributed by atoms with van der Waals surface area (Å²) < 4.78 is 0. The fraction of sp³-hybridized carbons (Fsp3) is 0.429. The highest BCUT2D eigenvalue weighted by Gasteiger charge is 2.19. The van der Waals surface area contributed by atoms with E-state index in [2.05, 4.69) is 39.5 Å². The normalized spacial score (nSPS) is 15.2. The van der Waals surface area contributed by atoms with Crippen molar-refractivity contribution < 1.29 is 9.90 Å². The van der Waals surface area contributed by atoms with Crippen molar-refractivity contribution in [3.8, 4) is 0 Å². The van der Waals surface area contributed by atoms with Gasteiger partial charge in [-0.25, -0.2) is 0 Å². The van der Waals surface area contributed by atoms with Gasteiger partial charge in [0.05, 0.1) is 6.10 Å². The van der Waals surface area contributed by atoms with Gasteiger partial charge in [-0.3, -0.25) is 14.7 Å². The number of pyridine rings is 1. The maximum Gasteiger partial charge on any atom is 0.251 e. The predicted octanol–water partition coefficient (Wildman–Crippen LogP) is 1.12. The van der Waals surface area contributed by atoms with Gasteiger partial charge < -0.3 is 16.2 Å². The molecule has 0 saturated heterocycles. The van der Waals surface area contributed by atoms with Gasteiger partial charge in [0, 0.05) is 43.6 Å². The molecule has 0 spiro atoms. The standard InChI is InChI=1S/C21H28N4O2/c22-9-3-6-19-12-17(7-10-23-19)21(27)24-13-20(26)15-25-11-8-16-4-1-2-5-18(16)14-25/h1-2,4-5,7,10,12,20,26H,3,6,8-9,11,13-15,22H2,(H,24,27)/t20-/m0/s1. The number of hydrogen-bond donors (Lipinski definition) is 3. The maximum absolute atomic E-state index is 12.3. The number of nitrogens with two attached hydrogens (primary N) is 1. The second-order valence-electron chi connectivity index (χ2n) is 7.05. The number of β-amino-alcohol motifs (C(OH)–C–C–N with tert-alkyl or cyclic N) is 1. The molecular formula is C21H28N4O2. The first-order chi connectivity index (χ1) is 13.2. The van der Waals surface area contributed by atoms with E-state index in [9.17, 15) is 9.90 Å². The molecule has 3 rings (SSSR count). The molecule has 0 aliphatic carbocycles. The van der Waals surface area contributed by atoms with Gasteiger partial charge in [-0.05, 0) is 49.1 Å². The molecule has 2 aromatic rings. The Morgan fingerprint density at radius 2 is 2.11 bits per heavy atom. The zero-order chi connectivity index (χ0) is 19.1. The molecule has 1 atom stereocenters. The van der Waals surface area contributed by atoms with Gasteiger partial charge in [0.1, 0.15) is 0 Å². The lowest BCUT2D eigenvalue weighted by Gasteiger charge is -2.30. The van der Waals surface area contributed by atoms with Crippen molar-refractivity contribution in [2.24, 2.45) is 5.73 Å². The first kappa shape index (κ1) is 19.5. The summed E-state index contributed by atoms with van der Waals surface area (Å²) in [6.45, 7) is 3.16. The highest BCUT2D eigenvalue weighted by Crippen LogP contribution is 2.18. The van der Waals surface area contributed by atoms with Crippen LogP contribution >= 0.6 is 0 Å². The SMILES string of the molecule is NCCCc1cc(C(=O)NC[C@H](O)CN2CCc3ccccc3C2)ccn1. The Morgan fingerprint density at radius 3 is 2.93 bits per heavy atom. The topological polar surface area (TPSA) is 91.5 Å². The van der Waals surface area contributed by atoms with E-state index in [4.69, 9.17) is 5.73 Å². The largest absolute Gasteiger partial charge is 0.390 e. The summed E-state index contributed by atoms with van der Waals surface area (Å²) in [5.41, 5.74) is 9.66. The number of aromatic nitrogens is 1. The smallest absolute Gasteiger partial charge is 0.251 e. The summed E-state index contributed by atoms with van der Waals surface area (Å²) >= 11 is 0.